The predicted octanol–water partition coefficient (Wildman–Crippen LogP) is 2.53. The van der Waals surface area contributed by atoms with Crippen molar-refractivity contribution in [1.29, 1.82) is 0 Å². The molecule has 0 saturated carbocycles. The lowest BCUT2D eigenvalue weighted by atomic mass is 10.00. The molecule has 0 amide bonds. The first-order valence-corrected chi connectivity index (χ1v) is 10.6. The Hall–Kier alpha value is -0.720. The number of rotatable bonds is 7. The van der Waals surface area contributed by atoms with Crippen LogP contribution in [0.3, 0.4) is 0 Å². The molecule has 1 aliphatic heterocycles. The summed E-state index contributed by atoms with van der Waals surface area (Å²) in [5.41, 5.74) is 2.78. The first-order chi connectivity index (χ1) is 9.94. The van der Waals surface area contributed by atoms with Crippen LogP contribution in [0.5, 0.6) is 5.75 Å². The molecule has 0 aromatic heterocycles. The highest BCUT2D eigenvalue weighted by molar-refractivity contribution is 8.71. The van der Waals surface area contributed by atoms with Crippen molar-refractivity contribution in [2.45, 2.75) is 25.8 Å². The zero-order valence-corrected chi connectivity index (χ0v) is 14.3. The molecule has 21 heavy (non-hydrogen) atoms. The van der Waals surface area contributed by atoms with Crippen LogP contribution in [0, 0.1) is 0 Å². The highest BCUT2D eigenvalue weighted by Crippen LogP contribution is 2.23. The molecule has 4 nitrogen and oxygen atoms in total. The second kappa shape index (κ2) is 7.51. The molecule has 0 aliphatic carbocycles. The number of nitrogens with zero attached hydrogens (tertiary/aromatic N) is 1. The van der Waals surface area contributed by atoms with Gasteiger partial charge in [0.2, 0.25) is 0 Å². The smallest absolute Gasteiger partial charge is 0.198 e. The van der Waals surface area contributed by atoms with E-state index in [9.17, 15) is 8.42 Å². The lowest BCUT2D eigenvalue weighted by Crippen LogP contribution is -2.26. The first kappa shape index (κ1) is 16.6. The van der Waals surface area contributed by atoms with Crippen LogP contribution in [0.4, 0.5) is 0 Å². The predicted molar refractivity (Wildman–Crippen MR) is 88.5 cm³/mol. The largest absolute Gasteiger partial charge is 0.494 e. The lowest BCUT2D eigenvalue weighted by Gasteiger charge is -2.25. The first-order valence-electron chi connectivity index (χ1n) is 7.21. The molecule has 0 radical (unpaired) electrons. The normalized spacial score (nSPS) is 15.7. The van der Waals surface area contributed by atoms with Crippen LogP contribution in [0.1, 0.15) is 24.0 Å². The highest BCUT2D eigenvalue weighted by Gasteiger charge is 2.13. The Kier molecular flexibility index (Phi) is 5.96. The van der Waals surface area contributed by atoms with Crippen LogP contribution >= 0.6 is 10.8 Å². The number of hydrogen-bond acceptors (Lipinski definition) is 5. The Morgan fingerprint density at radius 1 is 1.29 bits per heavy atom. The minimum absolute atomic E-state index is 0.638. The van der Waals surface area contributed by atoms with Gasteiger partial charge in [0.15, 0.2) is 8.87 Å². The van der Waals surface area contributed by atoms with Crippen molar-refractivity contribution in [2.75, 3.05) is 32.2 Å². The minimum Gasteiger partial charge on any atom is -0.494 e. The van der Waals surface area contributed by atoms with E-state index in [1.807, 2.05) is 6.07 Å². The third-order valence-corrected chi connectivity index (χ3v) is 6.15. The zero-order valence-electron chi connectivity index (χ0n) is 12.7. The summed E-state index contributed by atoms with van der Waals surface area (Å²) in [7, 11) is 0.245. The van der Waals surface area contributed by atoms with E-state index in [0.717, 1.165) is 48.9 Å². The molecule has 1 aromatic rings. The van der Waals surface area contributed by atoms with Crippen LogP contribution in [-0.2, 0) is 21.8 Å². The van der Waals surface area contributed by atoms with E-state index in [1.54, 1.807) is 0 Å². The molecule has 0 spiro atoms. The molecule has 0 saturated heterocycles. The van der Waals surface area contributed by atoms with Crippen LogP contribution in [0.2, 0.25) is 0 Å². The quantitative estimate of drug-likeness (QED) is 0.568. The standard InChI is InChI=1S/C15H23NO3S2/c1-16-8-7-13-11-15(6-5-14(13)12-16)19-9-3-4-10-20-21(2,17)18/h5-6,11H,3-4,7-10,12H2,1-2H3. The molecule has 0 N–H and O–H groups in total. The van der Waals surface area contributed by atoms with Crippen molar-refractivity contribution in [3.05, 3.63) is 29.3 Å². The monoisotopic (exact) mass is 329 g/mol. The fraction of sp³-hybridized carbons (Fsp3) is 0.600. The third kappa shape index (κ3) is 5.88. The summed E-state index contributed by atoms with van der Waals surface area (Å²) in [6.07, 6.45) is 4.06. The number of unbranched alkanes of at least 4 members (excludes halogenated alkanes) is 1. The number of fused-ring (bicyclic) bond motifs is 1. The summed E-state index contributed by atoms with van der Waals surface area (Å²) in [6, 6.07) is 6.33. The van der Waals surface area contributed by atoms with E-state index in [1.165, 1.54) is 17.4 Å². The van der Waals surface area contributed by atoms with Gasteiger partial charge in [-0.1, -0.05) is 6.07 Å². The topological polar surface area (TPSA) is 46.6 Å². The van der Waals surface area contributed by atoms with Crippen molar-refractivity contribution in [3.63, 3.8) is 0 Å². The number of benzene rings is 1. The molecule has 2 rings (SSSR count). The SMILES string of the molecule is CN1CCc2cc(OCCCCSS(C)(=O)=O)ccc2C1. The van der Waals surface area contributed by atoms with Gasteiger partial charge in [-0.3, -0.25) is 0 Å². The van der Waals surface area contributed by atoms with Crippen molar-refractivity contribution < 1.29 is 13.2 Å². The Bertz CT molecular complexity index is 572. The van der Waals surface area contributed by atoms with Crippen LogP contribution in [-0.4, -0.2) is 45.5 Å². The second-order valence-electron chi connectivity index (χ2n) is 5.50. The summed E-state index contributed by atoms with van der Waals surface area (Å²) >= 11 is 0. The van der Waals surface area contributed by atoms with E-state index in [4.69, 9.17) is 4.74 Å². The van der Waals surface area contributed by atoms with Gasteiger partial charge in [0.1, 0.15) is 5.75 Å². The summed E-state index contributed by atoms with van der Waals surface area (Å²) in [5.74, 6) is 1.56. The molecule has 0 unspecified atom stereocenters. The van der Waals surface area contributed by atoms with E-state index in [2.05, 4.69) is 24.1 Å². The Morgan fingerprint density at radius 3 is 2.86 bits per heavy atom. The third-order valence-electron chi connectivity index (χ3n) is 3.49. The van der Waals surface area contributed by atoms with Gasteiger partial charge in [0.25, 0.3) is 0 Å². The van der Waals surface area contributed by atoms with Crippen molar-refractivity contribution in [2.24, 2.45) is 0 Å². The molecule has 1 aromatic carbocycles. The van der Waals surface area contributed by atoms with Gasteiger partial charge in [0, 0.05) is 25.1 Å². The van der Waals surface area contributed by atoms with Crippen molar-refractivity contribution in [1.82, 2.24) is 4.90 Å². The van der Waals surface area contributed by atoms with Gasteiger partial charge in [0.05, 0.1) is 6.61 Å². The fourth-order valence-corrected chi connectivity index (χ4v) is 4.25. The average molecular weight is 329 g/mol. The van der Waals surface area contributed by atoms with Crippen molar-refractivity contribution in [3.8, 4) is 5.75 Å². The molecule has 0 fully saturated rings. The molecule has 118 valence electrons. The van der Waals surface area contributed by atoms with Gasteiger partial charge >= 0.3 is 0 Å². The summed E-state index contributed by atoms with van der Waals surface area (Å²) in [6.45, 7) is 2.75. The van der Waals surface area contributed by atoms with E-state index in [0.29, 0.717) is 12.4 Å². The van der Waals surface area contributed by atoms with Gasteiger partial charge in [-0.15, -0.1) is 0 Å². The van der Waals surface area contributed by atoms with E-state index < -0.39 is 8.87 Å². The van der Waals surface area contributed by atoms with Gasteiger partial charge in [-0.2, -0.15) is 0 Å². The maximum absolute atomic E-state index is 11.0. The lowest BCUT2D eigenvalue weighted by molar-refractivity contribution is 0.301. The molecule has 1 aliphatic rings. The molecular weight excluding hydrogens is 306 g/mol. The Morgan fingerprint density at radius 2 is 2.10 bits per heavy atom. The highest BCUT2D eigenvalue weighted by atomic mass is 33.1. The van der Waals surface area contributed by atoms with Crippen LogP contribution in [0.15, 0.2) is 18.2 Å². The molecule has 1 heterocycles. The summed E-state index contributed by atoms with van der Waals surface area (Å²) < 4.78 is 27.7. The maximum Gasteiger partial charge on any atom is 0.198 e. The molecule has 0 bridgehead atoms. The summed E-state index contributed by atoms with van der Waals surface area (Å²) in [4.78, 5) is 2.32. The number of ether oxygens (including phenoxy) is 1. The molecule has 0 atom stereocenters. The van der Waals surface area contributed by atoms with Gasteiger partial charge < -0.3 is 9.64 Å². The Balaban J connectivity index is 1.72. The number of hydrogen-bond donors (Lipinski definition) is 0. The van der Waals surface area contributed by atoms with Gasteiger partial charge in [-0.25, -0.2) is 8.42 Å². The fourth-order valence-electron chi connectivity index (χ4n) is 2.36. The molecule has 6 heteroatoms. The summed E-state index contributed by atoms with van der Waals surface area (Å²) in [5, 5.41) is 0. The van der Waals surface area contributed by atoms with Crippen LogP contribution < -0.4 is 4.74 Å². The number of likely N-dealkylation sites (N-methyl/N-ethyl adjacent to an activating group) is 1. The Labute approximate surface area is 131 Å². The zero-order chi connectivity index (χ0) is 15.3. The molecular formula is C15H23NO3S2. The average Bonchev–Trinajstić information content (AvgIpc) is 2.41. The van der Waals surface area contributed by atoms with Gasteiger partial charge in [-0.05, 0) is 60.4 Å². The minimum atomic E-state index is -2.91. The van der Waals surface area contributed by atoms with E-state index in [-0.39, 0.29) is 0 Å². The second-order valence-corrected chi connectivity index (χ2v) is 10.1. The van der Waals surface area contributed by atoms with Crippen molar-refractivity contribution >= 4 is 19.7 Å². The van der Waals surface area contributed by atoms with E-state index >= 15 is 0 Å². The maximum atomic E-state index is 11.0. The van der Waals surface area contributed by atoms with Crippen LogP contribution in [0.25, 0.3) is 0 Å².